The fourth-order valence-electron chi connectivity index (χ4n) is 4.27. The van der Waals surface area contributed by atoms with Crippen molar-refractivity contribution in [3.63, 3.8) is 0 Å². The van der Waals surface area contributed by atoms with E-state index < -0.39 is 25.2 Å². The van der Waals surface area contributed by atoms with Crippen LogP contribution in [0.3, 0.4) is 0 Å². The average Bonchev–Trinajstić information content (AvgIpc) is 2.74. The van der Waals surface area contributed by atoms with E-state index in [1.165, 1.54) is 0 Å². The molecule has 0 saturated heterocycles. The zero-order chi connectivity index (χ0) is 26.0. The molecule has 0 atom stereocenters. The Morgan fingerprint density at radius 2 is 0.886 bits per heavy atom. The molecule has 4 N–H and O–H groups in total. The first-order valence-electron chi connectivity index (χ1n) is 12.7. The van der Waals surface area contributed by atoms with E-state index in [9.17, 15) is 0 Å². The molecule has 0 spiro atoms. The number of nitrogens with two attached hydrogens (primary N) is 2. The standard InChI is InChI=1S/C26H46N2O4Si3/c1-33(2,21-9-7-19-29-25-15-11-23(27)12-16-25)31-35(5,6)32-34(3,4)22-10-8-20-30-26-17-13-24(28)14-18-26/h11-18H,7-10,19-22,27-28H2,1-6H3. The maximum absolute atomic E-state index is 6.73. The van der Waals surface area contributed by atoms with Crippen molar-refractivity contribution < 1.29 is 17.7 Å². The van der Waals surface area contributed by atoms with Crippen LogP contribution in [0, 0.1) is 0 Å². The van der Waals surface area contributed by atoms with Crippen LogP contribution >= 0.6 is 0 Å². The highest BCUT2D eigenvalue weighted by molar-refractivity contribution is 6.87. The van der Waals surface area contributed by atoms with E-state index in [1.807, 2.05) is 48.5 Å². The molecule has 0 radical (unpaired) electrons. The summed E-state index contributed by atoms with van der Waals surface area (Å²) in [6.45, 7) is 15.1. The van der Waals surface area contributed by atoms with Gasteiger partial charge in [0.25, 0.3) is 0 Å². The molecular weight excluding hydrogens is 489 g/mol. The van der Waals surface area contributed by atoms with Gasteiger partial charge in [0.1, 0.15) is 11.5 Å². The first-order valence-corrected chi connectivity index (χ1v) is 21.8. The van der Waals surface area contributed by atoms with Crippen molar-refractivity contribution in [1.29, 1.82) is 0 Å². The Morgan fingerprint density at radius 1 is 0.543 bits per heavy atom. The van der Waals surface area contributed by atoms with Gasteiger partial charge in [-0.15, -0.1) is 0 Å². The molecular formula is C26H46N2O4Si3. The SMILES string of the molecule is C[Si](C)(CCCCOc1ccc(N)cc1)O[Si](C)(C)O[Si](C)(C)CCCCOc1ccc(N)cc1. The van der Waals surface area contributed by atoms with Crippen molar-refractivity contribution >= 4 is 36.6 Å². The summed E-state index contributed by atoms with van der Waals surface area (Å²) in [7, 11) is -5.80. The zero-order valence-corrected chi connectivity index (χ0v) is 25.6. The summed E-state index contributed by atoms with van der Waals surface area (Å²) in [5, 5.41) is 0. The van der Waals surface area contributed by atoms with Crippen LogP contribution in [0.5, 0.6) is 11.5 Å². The number of unbranched alkanes of at least 4 members (excludes halogenated alkanes) is 2. The molecule has 2 rings (SSSR count). The highest BCUT2D eigenvalue weighted by atomic mass is 28.5. The van der Waals surface area contributed by atoms with Gasteiger partial charge in [0.2, 0.25) is 0 Å². The molecule has 196 valence electrons. The van der Waals surface area contributed by atoms with Crippen molar-refractivity contribution in [3.05, 3.63) is 48.5 Å². The third kappa shape index (κ3) is 12.6. The van der Waals surface area contributed by atoms with Gasteiger partial charge < -0.3 is 29.2 Å². The molecule has 0 aromatic heterocycles. The molecule has 0 unspecified atom stereocenters. The summed E-state index contributed by atoms with van der Waals surface area (Å²) >= 11 is 0. The maximum atomic E-state index is 6.73. The Balaban J connectivity index is 1.64. The van der Waals surface area contributed by atoms with Crippen LogP contribution in [-0.4, -0.2) is 38.4 Å². The smallest absolute Gasteiger partial charge is 0.311 e. The highest BCUT2D eigenvalue weighted by Gasteiger charge is 2.39. The minimum absolute atomic E-state index is 0.716. The fraction of sp³-hybridized carbons (Fsp3) is 0.538. The monoisotopic (exact) mass is 534 g/mol. The van der Waals surface area contributed by atoms with Gasteiger partial charge in [0.15, 0.2) is 16.6 Å². The van der Waals surface area contributed by atoms with Gasteiger partial charge in [-0.05, 0) is 113 Å². The van der Waals surface area contributed by atoms with E-state index in [2.05, 4.69) is 39.3 Å². The minimum atomic E-state index is -2.19. The maximum Gasteiger partial charge on any atom is 0.311 e. The van der Waals surface area contributed by atoms with E-state index in [0.29, 0.717) is 13.2 Å². The van der Waals surface area contributed by atoms with Crippen molar-refractivity contribution in [2.75, 3.05) is 24.7 Å². The molecule has 2 aromatic carbocycles. The molecule has 0 bridgehead atoms. The van der Waals surface area contributed by atoms with Crippen LogP contribution < -0.4 is 20.9 Å². The van der Waals surface area contributed by atoms with E-state index in [1.54, 1.807) is 0 Å². The second kappa shape index (κ2) is 13.5. The van der Waals surface area contributed by atoms with E-state index >= 15 is 0 Å². The van der Waals surface area contributed by atoms with Gasteiger partial charge in [-0.3, -0.25) is 0 Å². The number of hydrogen-bond acceptors (Lipinski definition) is 6. The number of rotatable bonds is 16. The zero-order valence-electron chi connectivity index (χ0n) is 22.6. The first kappa shape index (κ1) is 29.4. The quantitative estimate of drug-likeness (QED) is 0.137. The topological polar surface area (TPSA) is 89.0 Å². The lowest BCUT2D eigenvalue weighted by atomic mass is 10.3. The molecule has 0 fully saturated rings. The normalized spacial score (nSPS) is 12.5. The van der Waals surface area contributed by atoms with Crippen molar-refractivity contribution in [2.24, 2.45) is 0 Å². The Hall–Kier alpha value is -1.79. The van der Waals surface area contributed by atoms with E-state index in [0.717, 1.165) is 60.6 Å². The Labute approximate surface area is 215 Å². The fourth-order valence-corrected chi connectivity index (χ4v) is 18.5. The van der Waals surface area contributed by atoms with Gasteiger partial charge in [0, 0.05) is 11.4 Å². The summed E-state index contributed by atoms with van der Waals surface area (Å²) in [4.78, 5) is 0. The molecule has 0 aliphatic carbocycles. The first-order chi connectivity index (χ1) is 16.4. The lowest BCUT2D eigenvalue weighted by Gasteiger charge is -2.38. The Morgan fingerprint density at radius 3 is 1.23 bits per heavy atom. The number of nitrogen functional groups attached to an aromatic ring is 2. The van der Waals surface area contributed by atoms with Crippen LogP contribution in [0.4, 0.5) is 11.4 Å². The van der Waals surface area contributed by atoms with Gasteiger partial charge >= 0.3 is 8.56 Å². The molecule has 0 aliphatic heterocycles. The van der Waals surface area contributed by atoms with E-state index in [4.69, 9.17) is 29.2 Å². The second-order valence-corrected chi connectivity index (χ2v) is 23.3. The lowest BCUT2D eigenvalue weighted by molar-refractivity contribution is 0.307. The minimum Gasteiger partial charge on any atom is -0.494 e. The molecule has 0 aliphatic rings. The average molecular weight is 535 g/mol. The van der Waals surface area contributed by atoms with Crippen LogP contribution in [0.1, 0.15) is 25.7 Å². The van der Waals surface area contributed by atoms with Gasteiger partial charge in [-0.25, -0.2) is 0 Å². The number of hydrogen-bond donors (Lipinski definition) is 2. The van der Waals surface area contributed by atoms with Gasteiger partial charge in [0.05, 0.1) is 13.2 Å². The summed E-state index contributed by atoms with van der Waals surface area (Å²) < 4.78 is 25.1. The summed E-state index contributed by atoms with van der Waals surface area (Å²) in [5.74, 6) is 1.75. The molecule has 6 nitrogen and oxygen atoms in total. The third-order valence-electron chi connectivity index (χ3n) is 5.69. The molecule has 9 heteroatoms. The molecule has 0 amide bonds. The second-order valence-electron chi connectivity index (χ2n) is 10.9. The lowest BCUT2D eigenvalue weighted by Crippen LogP contribution is -2.52. The third-order valence-corrected chi connectivity index (χ3v) is 17.2. The van der Waals surface area contributed by atoms with Crippen molar-refractivity contribution in [2.45, 2.75) is 77.1 Å². The molecule has 35 heavy (non-hydrogen) atoms. The largest absolute Gasteiger partial charge is 0.494 e. The molecule has 0 saturated carbocycles. The van der Waals surface area contributed by atoms with Crippen LogP contribution in [-0.2, 0) is 8.23 Å². The predicted octanol–water partition coefficient (Wildman–Crippen LogP) is 7.01. The van der Waals surface area contributed by atoms with Crippen molar-refractivity contribution in [3.8, 4) is 11.5 Å². The number of anilines is 2. The van der Waals surface area contributed by atoms with E-state index in [-0.39, 0.29) is 0 Å². The van der Waals surface area contributed by atoms with Gasteiger partial charge in [-0.1, -0.05) is 12.8 Å². The summed E-state index contributed by atoms with van der Waals surface area (Å²) in [5.41, 5.74) is 13.0. The Bertz CT molecular complexity index is 804. The van der Waals surface area contributed by atoms with Crippen molar-refractivity contribution in [1.82, 2.24) is 0 Å². The number of ether oxygens (including phenoxy) is 2. The molecule has 2 aromatic rings. The molecule has 0 heterocycles. The highest BCUT2D eigenvalue weighted by Crippen LogP contribution is 2.27. The summed E-state index contributed by atoms with van der Waals surface area (Å²) in [6, 6.07) is 17.4. The summed E-state index contributed by atoms with van der Waals surface area (Å²) in [6.07, 6.45) is 4.25. The van der Waals surface area contributed by atoms with Crippen LogP contribution in [0.2, 0.25) is 51.4 Å². The van der Waals surface area contributed by atoms with Gasteiger partial charge in [-0.2, -0.15) is 0 Å². The number of benzene rings is 2. The van der Waals surface area contributed by atoms with Crippen LogP contribution in [0.25, 0.3) is 0 Å². The Kier molecular flexibility index (Phi) is 11.4. The predicted molar refractivity (Wildman–Crippen MR) is 155 cm³/mol. The van der Waals surface area contributed by atoms with Crippen LogP contribution in [0.15, 0.2) is 48.5 Å².